The Morgan fingerprint density at radius 2 is 1.92 bits per heavy atom. The molecule has 0 fully saturated rings. The highest BCUT2D eigenvalue weighted by molar-refractivity contribution is 6.31. The first-order chi connectivity index (χ1) is 5.95. The fourth-order valence-corrected chi connectivity index (χ4v) is 1.17. The molecule has 1 radical (unpaired) electrons. The molecule has 0 aliphatic rings. The molecule has 0 nitrogen and oxygen atoms in total. The highest BCUT2D eigenvalue weighted by Crippen LogP contribution is 2.35. The standard InChI is InChI=1S/C9H7ClF3/c1-2-6-3-4-8(10)7(5-6)9(11,12)13/h3-5H,1-2H2. The van der Waals surface area contributed by atoms with Crippen molar-refractivity contribution >= 4 is 11.6 Å². The molecule has 71 valence electrons. The fourth-order valence-electron chi connectivity index (χ4n) is 0.945. The molecule has 0 saturated carbocycles. The van der Waals surface area contributed by atoms with Crippen molar-refractivity contribution in [2.75, 3.05) is 0 Å². The Balaban J connectivity index is 3.19. The van der Waals surface area contributed by atoms with Gasteiger partial charge in [-0.15, -0.1) is 0 Å². The van der Waals surface area contributed by atoms with E-state index in [0.29, 0.717) is 12.0 Å². The summed E-state index contributed by atoms with van der Waals surface area (Å²) >= 11 is 5.40. The third-order valence-corrected chi connectivity index (χ3v) is 1.95. The normalized spacial score (nSPS) is 11.8. The molecule has 0 atom stereocenters. The Hall–Kier alpha value is -0.700. The van der Waals surface area contributed by atoms with E-state index in [9.17, 15) is 13.2 Å². The minimum absolute atomic E-state index is 0.273. The lowest BCUT2D eigenvalue weighted by Gasteiger charge is -2.09. The van der Waals surface area contributed by atoms with Crippen molar-refractivity contribution in [2.45, 2.75) is 12.6 Å². The van der Waals surface area contributed by atoms with Gasteiger partial charge in [-0.1, -0.05) is 17.7 Å². The van der Waals surface area contributed by atoms with Crippen molar-refractivity contribution in [3.05, 3.63) is 41.3 Å². The number of hydrogen-bond acceptors (Lipinski definition) is 0. The van der Waals surface area contributed by atoms with Crippen LogP contribution in [0.1, 0.15) is 11.1 Å². The zero-order valence-electron chi connectivity index (χ0n) is 6.66. The first-order valence-corrected chi connectivity index (χ1v) is 3.98. The van der Waals surface area contributed by atoms with Crippen LogP contribution >= 0.6 is 11.6 Å². The summed E-state index contributed by atoms with van der Waals surface area (Å²) in [4.78, 5) is 0. The van der Waals surface area contributed by atoms with Gasteiger partial charge in [0.15, 0.2) is 0 Å². The van der Waals surface area contributed by atoms with E-state index < -0.39 is 11.7 Å². The van der Waals surface area contributed by atoms with Gasteiger partial charge < -0.3 is 0 Å². The molecule has 0 saturated heterocycles. The second-order valence-corrected chi connectivity index (χ2v) is 2.97. The van der Waals surface area contributed by atoms with Gasteiger partial charge in [0.25, 0.3) is 0 Å². The van der Waals surface area contributed by atoms with Crippen LogP contribution in [0.3, 0.4) is 0 Å². The molecule has 0 bridgehead atoms. The van der Waals surface area contributed by atoms with Gasteiger partial charge in [-0.3, -0.25) is 0 Å². The lowest BCUT2D eigenvalue weighted by Crippen LogP contribution is -2.06. The van der Waals surface area contributed by atoms with Crippen LogP contribution in [0.15, 0.2) is 18.2 Å². The van der Waals surface area contributed by atoms with Gasteiger partial charge in [0, 0.05) is 0 Å². The Morgan fingerprint density at radius 3 is 2.38 bits per heavy atom. The second kappa shape index (κ2) is 3.58. The van der Waals surface area contributed by atoms with Crippen molar-refractivity contribution in [2.24, 2.45) is 0 Å². The highest BCUT2D eigenvalue weighted by atomic mass is 35.5. The molecular weight excluding hydrogens is 201 g/mol. The largest absolute Gasteiger partial charge is 0.417 e. The van der Waals surface area contributed by atoms with E-state index in [1.807, 2.05) is 0 Å². The molecule has 0 N–H and O–H groups in total. The predicted octanol–water partition coefficient (Wildman–Crippen LogP) is 3.74. The number of benzene rings is 1. The molecule has 0 unspecified atom stereocenters. The summed E-state index contributed by atoms with van der Waals surface area (Å²) in [6.07, 6.45) is -4.07. The molecule has 1 aromatic rings. The lowest BCUT2D eigenvalue weighted by molar-refractivity contribution is -0.137. The van der Waals surface area contributed by atoms with E-state index >= 15 is 0 Å². The van der Waals surface area contributed by atoms with Crippen LogP contribution in [0.4, 0.5) is 13.2 Å². The van der Waals surface area contributed by atoms with Crippen molar-refractivity contribution in [1.29, 1.82) is 0 Å². The third-order valence-electron chi connectivity index (χ3n) is 1.62. The molecule has 4 heteroatoms. The Bertz CT molecular complexity index is 304. The first-order valence-electron chi connectivity index (χ1n) is 3.60. The quantitative estimate of drug-likeness (QED) is 0.658. The highest BCUT2D eigenvalue weighted by Gasteiger charge is 2.33. The van der Waals surface area contributed by atoms with Gasteiger partial charge in [-0.25, -0.2) is 0 Å². The SMILES string of the molecule is [CH2]Cc1ccc(Cl)c(C(F)(F)F)c1. The summed E-state index contributed by atoms with van der Waals surface area (Å²) in [5.41, 5.74) is -0.271. The zero-order valence-corrected chi connectivity index (χ0v) is 7.41. The van der Waals surface area contributed by atoms with E-state index in [1.165, 1.54) is 12.1 Å². The zero-order chi connectivity index (χ0) is 10.1. The van der Waals surface area contributed by atoms with Gasteiger partial charge >= 0.3 is 6.18 Å². The van der Waals surface area contributed by atoms with Crippen LogP contribution in [-0.4, -0.2) is 0 Å². The molecule has 0 aliphatic heterocycles. The van der Waals surface area contributed by atoms with Gasteiger partial charge in [-0.2, -0.15) is 13.2 Å². The summed E-state index contributed by atoms with van der Waals surface area (Å²) in [5.74, 6) is 0. The number of rotatable bonds is 1. The Morgan fingerprint density at radius 1 is 1.31 bits per heavy atom. The van der Waals surface area contributed by atoms with E-state index in [4.69, 9.17) is 11.6 Å². The molecule has 1 rings (SSSR count). The van der Waals surface area contributed by atoms with Crippen LogP contribution in [0, 0.1) is 6.92 Å². The van der Waals surface area contributed by atoms with Crippen LogP contribution < -0.4 is 0 Å². The lowest BCUT2D eigenvalue weighted by atomic mass is 10.1. The predicted molar refractivity (Wildman–Crippen MR) is 45.5 cm³/mol. The van der Waals surface area contributed by atoms with Gasteiger partial charge in [0.2, 0.25) is 0 Å². The van der Waals surface area contributed by atoms with Crippen LogP contribution in [0.2, 0.25) is 5.02 Å². The van der Waals surface area contributed by atoms with Crippen LogP contribution in [0.5, 0.6) is 0 Å². The summed E-state index contributed by atoms with van der Waals surface area (Å²) in [5, 5.41) is -0.273. The van der Waals surface area contributed by atoms with Gasteiger partial charge in [0.1, 0.15) is 0 Å². The van der Waals surface area contributed by atoms with Crippen LogP contribution in [-0.2, 0) is 12.6 Å². The van der Waals surface area contributed by atoms with Gasteiger partial charge in [0.05, 0.1) is 10.6 Å². The smallest absolute Gasteiger partial charge is 0.166 e. The number of hydrogen-bond donors (Lipinski definition) is 0. The van der Waals surface area contributed by atoms with E-state index in [0.717, 1.165) is 6.07 Å². The summed E-state index contributed by atoms with van der Waals surface area (Å²) in [7, 11) is 0. The summed E-state index contributed by atoms with van der Waals surface area (Å²) in [6, 6.07) is 3.80. The molecule has 0 heterocycles. The number of alkyl halides is 3. The molecule has 0 spiro atoms. The molecule has 1 aromatic carbocycles. The van der Waals surface area contributed by atoms with Crippen molar-refractivity contribution in [3.8, 4) is 0 Å². The minimum atomic E-state index is -4.39. The molecule has 13 heavy (non-hydrogen) atoms. The van der Waals surface area contributed by atoms with Gasteiger partial charge in [-0.05, 0) is 31.0 Å². The maximum absolute atomic E-state index is 12.3. The number of halogens is 4. The van der Waals surface area contributed by atoms with Crippen molar-refractivity contribution in [1.82, 2.24) is 0 Å². The topological polar surface area (TPSA) is 0 Å². The average molecular weight is 208 g/mol. The van der Waals surface area contributed by atoms with E-state index in [-0.39, 0.29) is 5.02 Å². The third kappa shape index (κ3) is 2.37. The maximum atomic E-state index is 12.3. The van der Waals surface area contributed by atoms with Crippen molar-refractivity contribution in [3.63, 3.8) is 0 Å². The van der Waals surface area contributed by atoms with Crippen molar-refractivity contribution < 1.29 is 13.2 Å². The molecule has 0 aliphatic carbocycles. The van der Waals surface area contributed by atoms with Crippen LogP contribution in [0.25, 0.3) is 0 Å². The monoisotopic (exact) mass is 207 g/mol. The Labute approximate surface area is 79.3 Å². The summed E-state index contributed by atoms with van der Waals surface area (Å²) in [6.45, 7) is 3.50. The van der Waals surface area contributed by atoms with E-state index in [1.54, 1.807) is 0 Å². The second-order valence-electron chi connectivity index (χ2n) is 2.56. The van der Waals surface area contributed by atoms with E-state index in [2.05, 4.69) is 6.92 Å². The molecular formula is C9H7ClF3. The maximum Gasteiger partial charge on any atom is 0.417 e. The minimum Gasteiger partial charge on any atom is -0.166 e. The Kier molecular flexibility index (Phi) is 2.86. The first kappa shape index (κ1) is 10.4. The molecule has 0 aromatic heterocycles. The fraction of sp³-hybridized carbons (Fsp3) is 0.222. The molecule has 0 amide bonds. The summed E-state index contributed by atoms with van der Waals surface area (Å²) < 4.78 is 36.8. The average Bonchev–Trinajstić information content (AvgIpc) is 2.03.